The number of H-pyrrole nitrogens is 2. The van der Waals surface area contributed by atoms with Crippen LogP contribution in [-0.2, 0) is 6.42 Å². The minimum Gasteiger partial charge on any atom is -0.496 e. The van der Waals surface area contributed by atoms with Gasteiger partial charge in [-0.05, 0) is 24.6 Å². The lowest BCUT2D eigenvalue weighted by Crippen LogP contribution is -2.09. The number of fused-ring (bicyclic) bond motifs is 1. The van der Waals surface area contributed by atoms with Crippen molar-refractivity contribution < 1.29 is 4.74 Å². The van der Waals surface area contributed by atoms with E-state index in [0.29, 0.717) is 11.0 Å². The van der Waals surface area contributed by atoms with Gasteiger partial charge < -0.3 is 15.5 Å². The van der Waals surface area contributed by atoms with Crippen LogP contribution in [0.5, 0.6) is 5.75 Å². The molecule has 0 unspecified atom stereocenters. The molecule has 3 aromatic rings. The maximum absolute atomic E-state index is 11.8. The van der Waals surface area contributed by atoms with Crippen LogP contribution >= 0.6 is 11.8 Å². The smallest absolute Gasteiger partial charge is 0.261 e. The molecule has 0 spiro atoms. The second-order valence-electron chi connectivity index (χ2n) is 4.76. The molecule has 0 aliphatic rings. The molecule has 0 saturated carbocycles. The molecular formula is C15H16N4O2S. The number of nitrogens with two attached hydrogens (primary N) is 1. The van der Waals surface area contributed by atoms with Crippen LogP contribution in [0.15, 0.2) is 40.0 Å². The van der Waals surface area contributed by atoms with Crippen LogP contribution in [0.25, 0.3) is 11.0 Å². The number of ether oxygens (including phenoxy) is 1. The first-order chi connectivity index (χ1) is 10.7. The number of methoxy groups -OCH3 is 1. The molecule has 0 amide bonds. The maximum atomic E-state index is 11.8. The third kappa shape index (κ3) is 2.94. The van der Waals surface area contributed by atoms with E-state index in [-0.39, 0.29) is 11.5 Å². The zero-order valence-electron chi connectivity index (χ0n) is 12.1. The third-order valence-corrected chi connectivity index (χ3v) is 4.33. The fourth-order valence-corrected chi connectivity index (χ4v) is 3.25. The van der Waals surface area contributed by atoms with E-state index >= 15 is 0 Å². The fraction of sp³-hybridized carbons (Fsp3) is 0.200. The van der Waals surface area contributed by atoms with E-state index in [1.807, 2.05) is 30.3 Å². The Hall–Kier alpha value is -2.41. The van der Waals surface area contributed by atoms with E-state index in [1.165, 1.54) is 0 Å². The van der Waals surface area contributed by atoms with Crippen molar-refractivity contribution >= 4 is 28.7 Å². The van der Waals surface area contributed by atoms with E-state index in [0.717, 1.165) is 28.5 Å². The highest BCUT2D eigenvalue weighted by Gasteiger charge is 2.08. The Morgan fingerprint density at radius 3 is 2.95 bits per heavy atom. The number of thioether (sulfide) groups is 1. The summed E-state index contributed by atoms with van der Waals surface area (Å²) in [4.78, 5) is 22.6. The number of rotatable bonds is 5. The molecule has 7 heteroatoms. The second-order valence-corrected chi connectivity index (χ2v) is 5.89. The molecular weight excluding hydrogens is 300 g/mol. The molecule has 2 aromatic heterocycles. The highest BCUT2D eigenvalue weighted by molar-refractivity contribution is 7.99. The molecule has 0 bridgehead atoms. The molecule has 0 saturated heterocycles. The average Bonchev–Trinajstić information content (AvgIpc) is 2.91. The Bertz CT molecular complexity index is 856. The van der Waals surface area contributed by atoms with Crippen LogP contribution in [-0.4, -0.2) is 27.8 Å². The second kappa shape index (κ2) is 6.15. The topological polar surface area (TPSA) is 96.8 Å². The number of hydrogen-bond acceptors (Lipinski definition) is 5. The lowest BCUT2D eigenvalue weighted by atomic mass is 10.3. The van der Waals surface area contributed by atoms with E-state index in [1.54, 1.807) is 18.9 Å². The molecule has 0 radical (unpaired) electrons. The molecule has 114 valence electrons. The molecule has 0 aliphatic carbocycles. The predicted molar refractivity (Wildman–Crippen MR) is 88.5 cm³/mol. The number of anilines is 1. The van der Waals surface area contributed by atoms with Gasteiger partial charge in [-0.3, -0.25) is 9.78 Å². The van der Waals surface area contributed by atoms with Crippen molar-refractivity contribution in [3.63, 3.8) is 0 Å². The van der Waals surface area contributed by atoms with E-state index in [2.05, 4.69) is 15.0 Å². The summed E-state index contributed by atoms with van der Waals surface area (Å²) >= 11 is 1.71. The van der Waals surface area contributed by atoms with Gasteiger partial charge in [0.15, 0.2) is 0 Å². The van der Waals surface area contributed by atoms with Gasteiger partial charge in [-0.25, -0.2) is 0 Å². The Balaban J connectivity index is 1.72. The lowest BCUT2D eigenvalue weighted by Gasteiger charge is -2.06. The average molecular weight is 316 g/mol. The summed E-state index contributed by atoms with van der Waals surface area (Å²) in [6.07, 6.45) is 0.790. The van der Waals surface area contributed by atoms with Gasteiger partial charge in [0.1, 0.15) is 11.4 Å². The van der Waals surface area contributed by atoms with Gasteiger partial charge >= 0.3 is 0 Å². The van der Waals surface area contributed by atoms with Crippen LogP contribution in [0.1, 0.15) is 5.69 Å². The summed E-state index contributed by atoms with van der Waals surface area (Å²) in [5.41, 5.74) is 6.80. The summed E-state index contributed by atoms with van der Waals surface area (Å²) in [7, 11) is 1.67. The van der Waals surface area contributed by atoms with Crippen LogP contribution in [0.2, 0.25) is 0 Å². The van der Waals surface area contributed by atoms with Crippen LogP contribution in [0.4, 0.5) is 5.95 Å². The predicted octanol–water partition coefficient (Wildman–Crippen LogP) is 2.18. The first-order valence-corrected chi connectivity index (χ1v) is 7.79. The van der Waals surface area contributed by atoms with Crippen LogP contribution in [0.3, 0.4) is 0 Å². The SMILES string of the molecule is COc1ccccc1SCCc1cc2c(=O)[nH]c(N)nc2[nH]1. The monoisotopic (exact) mass is 316 g/mol. The maximum Gasteiger partial charge on any atom is 0.261 e. The number of aryl methyl sites for hydroxylation is 1. The summed E-state index contributed by atoms with van der Waals surface area (Å²) in [6.45, 7) is 0. The number of benzene rings is 1. The number of aromatic nitrogens is 3. The van der Waals surface area contributed by atoms with Gasteiger partial charge in [-0.2, -0.15) is 4.98 Å². The van der Waals surface area contributed by atoms with Crippen LogP contribution < -0.4 is 16.0 Å². The zero-order valence-corrected chi connectivity index (χ0v) is 12.9. The van der Waals surface area contributed by atoms with Crippen molar-refractivity contribution in [2.45, 2.75) is 11.3 Å². The summed E-state index contributed by atoms with van der Waals surface area (Å²) in [6, 6.07) is 9.73. The van der Waals surface area contributed by atoms with Gasteiger partial charge in [0.2, 0.25) is 5.95 Å². The summed E-state index contributed by atoms with van der Waals surface area (Å²) in [5, 5.41) is 0.534. The Morgan fingerprint density at radius 1 is 1.32 bits per heavy atom. The standard InChI is InChI=1S/C15H16N4O2S/c1-21-11-4-2-3-5-12(11)22-7-6-9-8-10-13(17-9)18-15(16)19-14(10)20/h2-5,8H,6-7H2,1H3,(H4,16,17,18,19,20). The third-order valence-electron chi connectivity index (χ3n) is 3.27. The normalized spacial score (nSPS) is 11.0. The molecule has 0 atom stereocenters. The van der Waals surface area contributed by atoms with Gasteiger partial charge in [0.25, 0.3) is 5.56 Å². The van der Waals surface area contributed by atoms with Crippen molar-refractivity contribution in [2.75, 3.05) is 18.6 Å². The number of aromatic amines is 2. The van der Waals surface area contributed by atoms with Crippen molar-refractivity contribution in [3.8, 4) is 5.75 Å². The van der Waals surface area contributed by atoms with Gasteiger partial charge in [-0.1, -0.05) is 12.1 Å². The number of nitrogens with zero attached hydrogens (tertiary/aromatic N) is 1. The van der Waals surface area contributed by atoms with Crippen molar-refractivity contribution in [1.82, 2.24) is 15.0 Å². The quantitative estimate of drug-likeness (QED) is 0.627. The minimum atomic E-state index is -0.220. The molecule has 4 N–H and O–H groups in total. The van der Waals surface area contributed by atoms with Crippen molar-refractivity contribution in [1.29, 1.82) is 0 Å². The van der Waals surface area contributed by atoms with Crippen molar-refractivity contribution in [3.05, 3.63) is 46.4 Å². The highest BCUT2D eigenvalue weighted by atomic mass is 32.2. The first kappa shape index (κ1) is 14.5. The number of nitrogens with one attached hydrogen (secondary N) is 2. The number of para-hydroxylation sites is 1. The molecule has 1 aromatic carbocycles. The van der Waals surface area contributed by atoms with E-state index in [9.17, 15) is 4.79 Å². The highest BCUT2D eigenvalue weighted by Crippen LogP contribution is 2.29. The van der Waals surface area contributed by atoms with Gasteiger partial charge in [0, 0.05) is 16.3 Å². The Morgan fingerprint density at radius 2 is 2.14 bits per heavy atom. The Kier molecular flexibility index (Phi) is 4.06. The zero-order chi connectivity index (χ0) is 15.5. The first-order valence-electron chi connectivity index (χ1n) is 6.80. The largest absolute Gasteiger partial charge is 0.496 e. The molecule has 22 heavy (non-hydrogen) atoms. The molecule has 0 fully saturated rings. The van der Waals surface area contributed by atoms with E-state index in [4.69, 9.17) is 10.5 Å². The Labute approximate surface area is 131 Å². The molecule has 2 heterocycles. The summed E-state index contributed by atoms with van der Waals surface area (Å²) < 4.78 is 5.33. The number of nitrogen functional groups attached to an aromatic ring is 1. The van der Waals surface area contributed by atoms with Crippen molar-refractivity contribution in [2.24, 2.45) is 0 Å². The molecule has 6 nitrogen and oxygen atoms in total. The van der Waals surface area contributed by atoms with Gasteiger partial charge in [0.05, 0.1) is 12.5 Å². The molecule has 3 rings (SSSR count). The lowest BCUT2D eigenvalue weighted by molar-refractivity contribution is 0.405. The molecule has 0 aliphatic heterocycles. The fourth-order valence-electron chi connectivity index (χ4n) is 2.24. The number of hydrogen-bond donors (Lipinski definition) is 3. The minimum absolute atomic E-state index is 0.120. The van der Waals surface area contributed by atoms with Crippen LogP contribution in [0, 0.1) is 0 Å². The van der Waals surface area contributed by atoms with Gasteiger partial charge in [-0.15, -0.1) is 11.8 Å². The van der Waals surface area contributed by atoms with E-state index < -0.39 is 0 Å². The summed E-state index contributed by atoms with van der Waals surface area (Å²) in [5.74, 6) is 1.85.